The Balaban J connectivity index is 1.45. The number of ether oxygens (including phenoxy) is 1. The topological polar surface area (TPSA) is 115 Å². The molecule has 0 radical (unpaired) electrons. The van der Waals surface area contributed by atoms with Crippen molar-refractivity contribution >= 4 is 50.2 Å². The number of carbonyl (C=O) groups excluding carboxylic acids is 2. The molecule has 12 heteroatoms. The summed E-state index contributed by atoms with van der Waals surface area (Å²) in [5.41, 5.74) is 1.47. The Hall–Kier alpha value is -3.18. The van der Waals surface area contributed by atoms with Crippen molar-refractivity contribution in [3.63, 3.8) is 0 Å². The normalized spacial score (nSPS) is 16.7. The number of rotatable bonds is 6. The molecule has 3 aromatic rings. The van der Waals surface area contributed by atoms with Crippen LogP contribution in [0.5, 0.6) is 0 Å². The molecular weight excluding hydrogens is 530 g/mol. The van der Waals surface area contributed by atoms with Crippen molar-refractivity contribution in [2.24, 2.45) is 0 Å². The second kappa shape index (κ2) is 9.23. The molecule has 1 spiro atoms. The Morgan fingerprint density at radius 2 is 1.95 bits per heavy atom. The van der Waals surface area contributed by atoms with Gasteiger partial charge in [-0.25, -0.2) is 18.2 Å². The molecule has 2 aliphatic heterocycles. The van der Waals surface area contributed by atoms with Gasteiger partial charge >= 0.3 is 6.09 Å². The molecule has 2 aromatic heterocycles. The number of hydrogen-bond donors (Lipinski definition) is 0. The van der Waals surface area contributed by atoms with Crippen molar-refractivity contribution in [1.82, 2.24) is 19.4 Å². The first-order chi connectivity index (χ1) is 17.8. The zero-order valence-electron chi connectivity index (χ0n) is 21.8. The number of carbonyl (C=O) groups is 2. The molecule has 0 atom stereocenters. The highest BCUT2D eigenvalue weighted by Crippen LogP contribution is 2.47. The number of aromatic nitrogens is 3. The summed E-state index contributed by atoms with van der Waals surface area (Å²) in [5.74, 6) is 0.519. The van der Waals surface area contributed by atoms with Crippen molar-refractivity contribution in [3.05, 3.63) is 53.1 Å². The Bertz CT molecular complexity index is 1540. The molecule has 0 N–H and O–H groups in total. The number of halogens is 1. The minimum atomic E-state index is -3.13. The maximum absolute atomic E-state index is 13.9. The van der Waals surface area contributed by atoms with Crippen molar-refractivity contribution in [1.29, 1.82) is 0 Å². The number of fused-ring (bicyclic) bond motifs is 3. The van der Waals surface area contributed by atoms with E-state index in [0.717, 1.165) is 11.1 Å². The molecule has 0 unspecified atom stereocenters. The Labute approximate surface area is 226 Å². The number of aryl methyl sites for hydroxylation is 1. The molecule has 10 nitrogen and oxygen atoms in total. The molecule has 2 aliphatic rings. The summed E-state index contributed by atoms with van der Waals surface area (Å²) in [5, 5.41) is 0.535. The smallest absolute Gasteiger partial charge is 0.410 e. The van der Waals surface area contributed by atoms with Crippen LogP contribution < -0.4 is 4.90 Å². The lowest BCUT2D eigenvalue weighted by Crippen LogP contribution is -2.65. The second-order valence-electron chi connectivity index (χ2n) is 11.0. The molecule has 4 heterocycles. The number of benzene rings is 1. The van der Waals surface area contributed by atoms with Gasteiger partial charge in [0.15, 0.2) is 0 Å². The minimum absolute atomic E-state index is 0.0404. The lowest BCUT2D eigenvalue weighted by atomic mass is 9.75. The van der Waals surface area contributed by atoms with Crippen LogP contribution in [0.25, 0.3) is 11.0 Å². The molecular formula is C26H30ClN5O5S. The van der Waals surface area contributed by atoms with Crippen LogP contribution in [-0.4, -0.2) is 70.6 Å². The Morgan fingerprint density at radius 1 is 1.21 bits per heavy atom. The molecule has 38 heavy (non-hydrogen) atoms. The van der Waals surface area contributed by atoms with Crippen LogP contribution in [0, 0.1) is 0 Å². The van der Waals surface area contributed by atoms with E-state index in [1.54, 1.807) is 55.1 Å². The van der Waals surface area contributed by atoms with Gasteiger partial charge in [0.05, 0.1) is 35.2 Å². The molecule has 1 aromatic carbocycles. The van der Waals surface area contributed by atoms with Gasteiger partial charge in [0, 0.05) is 37.1 Å². The number of hydrogen-bond acceptors (Lipinski definition) is 7. The fourth-order valence-electron chi connectivity index (χ4n) is 5.16. The van der Waals surface area contributed by atoms with Gasteiger partial charge in [-0.2, -0.15) is 0 Å². The quantitative estimate of drug-likeness (QED) is 0.453. The highest BCUT2D eigenvalue weighted by Gasteiger charge is 2.60. The maximum atomic E-state index is 13.9. The Morgan fingerprint density at radius 3 is 2.63 bits per heavy atom. The third kappa shape index (κ3) is 4.84. The van der Waals surface area contributed by atoms with E-state index in [4.69, 9.17) is 21.3 Å². The molecule has 2 amide bonds. The van der Waals surface area contributed by atoms with E-state index >= 15 is 0 Å². The fourth-order valence-corrected chi connectivity index (χ4v) is 5.98. The molecule has 202 valence electrons. The van der Waals surface area contributed by atoms with Gasteiger partial charge in [0.1, 0.15) is 26.7 Å². The van der Waals surface area contributed by atoms with Gasteiger partial charge in [-0.3, -0.25) is 9.78 Å². The van der Waals surface area contributed by atoms with Gasteiger partial charge in [-0.15, -0.1) is 0 Å². The van der Waals surface area contributed by atoms with E-state index in [9.17, 15) is 18.0 Å². The van der Waals surface area contributed by atoms with E-state index in [0.29, 0.717) is 35.0 Å². The zero-order chi connectivity index (χ0) is 27.5. The van der Waals surface area contributed by atoms with Crippen LogP contribution in [-0.2, 0) is 37.9 Å². The lowest BCUT2D eigenvalue weighted by Gasteiger charge is -2.46. The average Bonchev–Trinajstić information content (AvgIpc) is 3.23. The maximum Gasteiger partial charge on any atom is 0.410 e. The predicted octanol–water partition coefficient (Wildman–Crippen LogP) is 3.55. The van der Waals surface area contributed by atoms with Crippen LogP contribution in [0.1, 0.15) is 38.6 Å². The summed E-state index contributed by atoms with van der Waals surface area (Å²) in [6.45, 7) is 6.43. The first kappa shape index (κ1) is 26.4. The summed E-state index contributed by atoms with van der Waals surface area (Å²) >= 11 is 6.20. The fraction of sp³-hybridized carbons (Fsp3) is 0.462. The van der Waals surface area contributed by atoms with E-state index in [-0.39, 0.29) is 31.3 Å². The van der Waals surface area contributed by atoms with E-state index < -0.39 is 26.9 Å². The van der Waals surface area contributed by atoms with E-state index in [1.165, 1.54) is 6.26 Å². The van der Waals surface area contributed by atoms with Crippen molar-refractivity contribution < 1.29 is 22.7 Å². The standard InChI is InChI=1S/C26H30ClN5O5S/c1-25(2,3)37-24(34)30-15-26(16-30)18-8-9-28-13-21(18)32(23(26)33)14-22-29-19-12-17(27)6-7-20(19)31(22)10-5-11-38(4,35)36/h6-9,12-13H,5,10-11,14-16H2,1-4H3. The van der Waals surface area contributed by atoms with Crippen LogP contribution in [0.3, 0.4) is 0 Å². The van der Waals surface area contributed by atoms with Gasteiger partial charge in [-0.1, -0.05) is 11.6 Å². The van der Waals surface area contributed by atoms with Crippen LogP contribution in [0.2, 0.25) is 5.02 Å². The minimum Gasteiger partial charge on any atom is -0.444 e. The molecule has 1 saturated heterocycles. The number of imidazole rings is 1. The number of likely N-dealkylation sites (tertiary alicyclic amines) is 1. The van der Waals surface area contributed by atoms with Crippen molar-refractivity contribution in [3.8, 4) is 0 Å². The summed E-state index contributed by atoms with van der Waals surface area (Å²) in [6.07, 6.45) is 4.47. The highest BCUT2D eigenvalue weighted by molar-refractivity contribution is 7.90. The van der Waals surface area contributed by atoms with Gasteiger partial charge in [0.25, 0.3) is 0 Å². The first-order valence-corrected chi connectivity index (χ1v) is 14.8. The number of amides is 2. The molecule has 0 saturated carbocycles. The third-order valence-corrected chi connectivity index (χ3v) is 8.09. The van der Waals surface area contributed by atoms with Crippen LogP contribution >= 0.6 is 11.6 Å². The van der Waals surface area contributed by atoms with Crippen molar-refractivity contribution in [2.45, 2.75) is 51.3 Å². The lowest BCUT2D eigenvalue weighted by molar-refractivity contribution is -0.129. The summed E-state index contributed by atoms with van der Waals surface area (Å²) in [4.78, 5) is 38.8. The van der Waals surface area contributed by atoms with E-state index in [2.05, 4.69) is 4.98 Å². The predicted molar refractivity (Wildman–Crippen MR) is 144 cm³/mol. The van der Waals surface area contributed by atoms with Gasteiger partial charge < -0.3 is 19.1 Å². The molecule has 5 rings (SSSR count). The summed E-state index contributed by atoms with van der Waals surface area (Å²) in [6, 6.07) is 7.19. The van der Waals surface area contributed by atoms with Gasteiger partial charge in [-0.05, 0) is 57.0 Å². The number of anilines is 1. The zero-order valence-corrected chi connectivity index (χ0v) is 23.3. The largest absolute Gasteiger partial charge is 0.444 e. The molecule has 0 bridgehead atoms. The second-order valence-corrected chi connectivity index (χ2v) is 13.7. The average molecular weight is 560 g/mol. The Kier molecular flexibility index (Phi) is 6.42. The van der Waals surface area contributed by atoms with E-state index in [1.807, 2.05) is 16.7 Å². The number of nitrogens with zero attached hydrogens (tertiary/aromatic N) is 5. The SMILES string of the molecule is CC(C)(C)OC(=O)N1CC2(C1)C(=O)N(Cc1nc3cc(Cl)ccc3n1CCCS(C)(=O)=O)c1cnccc12. The third-order valence-electron chi connectivity index (χ3n) is 6.82. The first-order valence-electron chi connectivity index (χ1n) is 12.3. The molecule has 0 aliphatic carbocycles. The monoisotopic (exact) mass is 559 g/mol. The number of sulfone groups is 1. The summed E-state index contributed by atoms with van der Waals surface area (Å²) in [7, 11) is -3.13. The van der Waals surface area contributed by atoms with Crippen LogP contribution in [0.15, 0.2) is 36.7 Å². The number of pyridine rings is 1. The molecule has 1 fully saturated rings. The summed E-state index contributed by atoms with van der Waals surface area (Å²) < 4.78 is 30.9. The van der Waals surface area contributed by atoms with Crippen LogP contribution in [0.4, 0.5) is 10.5 Å². The highest BCUT2D eigenvalue weighted by atomic mass is 35.5. The van der Waals surface area contributed by atoms with Crippen molar-refractivity contribution in [2.75, 3.05) is 30.0 Å². The van der Waals surface area contributed by atoms with Gasteiger partial charge in [0.2, 0.25) is 5.91 Å².